The number of rotatable bonds is 5. The maximum absolute atomic E-state index is 9.39. The van der Waals surface area contributed by atoms with Crippen LogP contribution in [0.3, 0.4) is 0 Å². The Morgan fingerprint density at radius 3 is 2.81 bits per heavy atom. The van der Waals surface area contributed by atoms with Crippen LogP contribution < -0.4 is 10.1 Å². The fourth-order valence-electron chi connectivity index (χ4n) is 2.27. The minimum Gasteiger partial charge on any atom is -0.437 e. The lowest BCUT2D eigenvalue weighted by Gasteiger charge is -2.09. The summed E-state index contributed by atoms with van der Waals surface area (Å²) < 4.78 is 7.93. The van der Waals surface area contributed by atoms with Crippen molar-refractivity contribution in [3.8, 4) is 11.6 Å². The summed E-state index contributed by atoms with van der Waals surface area (Å²) in [5.74, 6) is 1.18. The summed E-state index contributed by atoms with van der Waals surface area (Å²) in [6, 6.07) is 13.3. The Hall–Kier alpha value is -2.37. The molecule has 3 rings (SSSR count). The summed E-state index contributed by atoms with van der Waals surface area (Å²) in [5.41, 5.74) is 2.52. The highest BCUT2D eigenvalue weighted by Gasteiger charge is 2.14. The SMILES string of the molecule is CNCc1c(Oc2ccccc2CO)nc2ccccn12. The zero-order valence-corrected chi connectivity index (χ0v) is 11.8. The van der Waals surface area contributed by atoms with Crippen molar-refractivity contribution in [1.82, 2.24) is 14.7 Å². The van der Waals surface area contributed by atoms with Gasteiger partial charge in [-0.1, -0.05) is 24.3 Å². The molecule has 0 atom stereocenters. The average Bonchev–Trinajstić information content (AvgIpc) is 2.86. The molecule has 0 bridgehead atoms. The highest BCUT2D eigenvalue weighted by atomic mass is 16.5. The molecule has 0 spiro atoms. The number of aromatic nitrogens is 2. The van der Waals surface area contributed by atoms with Gasteiger partial charge < -0.3 is 15.2 Å². The van der Waals surface area contributed by atoms with Crippen LogP contribution in [0.15, 0.2) is 48.7 Å². The Morgan fingerprint density at radius 2 is 2.00 bits per heavy atom. The van der Waals surface area contributed by atoms with Crippen molar-refractivity contribution >= 4 is 5.65 Å². The van der Waals surface area contributed by atoms with E-state index in [1.165, 1.54) is 0 Å². The Bertz CT molecular complexity index is 752. The van der Waals surface area contributed by atoms with E-state index >= 15 is 0 Å². The van der Waals surface area contributed by atoms with Crippen molar-refractivity contribution in [3.05, 3.63) is 59.9 Å². The summed E-state index contributed by atoms with van der Waals surface area (Å²) >= 11 is 0. The van der Waals surface area contributed by atoms with Gasteiger partial charge in [-0.05, 0) is 25.2 Å². The van der Waals surface area contributed by atoms with Crippen molar-refractivity contribution in [2.75, 3.05) is 7.05 Å². The zero-order chi connectivity index (χ0) is 14.7. The molecule has 0 saturated heterocycles. The molecule has 0 saturated carbocycles. The zero-order valence-electron chi connectivity index (χ0n) is 11.8. The van der Waals surface area contributed by atoms with Crippen LogP contribution in [-0.2, 0) is 13.2 Å². The summed E-state index contributed by atoms with van der Waals surface area (Å²) in [6.07, 6.45) is 1.96. The van der Waals surface area contributed by atoms with Crippen LogP contribution in [0.5, 0.6) is 11.6 Å². The molecule has 0 aliphatic carbocycles. The molecule has 0 aliphatic heterocycles. The number of aliphatic hydroxyl groups is 1. The summed E-state index contributed by atoms with van der Waals surface area (Å²) in [5, 5.41) is 12.5. The van der Waals surface area contributed by atoms with Crippen LogP contribution in [0.2, 0.25) is 0 Å². The Balaban J connectivity index is 2.05. The van der Waals surface area contributed by atoms with E-state index in [-0.39, 0.29) is 6.61 Å². The molecule has 0 radical (unpaired) electrons. The first-order valence-corrected chi connectivity index (χ1v) is 6.80. The molecule has 0 aliphatic rings. The highest BCUT2D eigenvalue weighted by molar-refractivity contribution is 5.47. The number of pyridine rings is 1. The largest absolute Gasteiger partial charge is 0.437 e. The minimum absolute atomic E-state index is 0.0646. The quantitative estimate of drug-likeness (QED) is 0.754. The molecule has 2 aromatic heterocycles. The number of aliphatic hydroxyl groups excluding tert-OH is 1. The second-order valence-corrected chi connectivity index (χ2v) is 4.69. The van der Waals surface area contributed by atoms with Gasteiger partial charge in [-0.2, -0.15) is 4.98 Å². The van der Waals surface area contributed by atoms with Crippen LogP contribution in [-0.4, -0.2) is 21.5 Å². The lowest BCUT2D eigenvalue weighted by Crippen LogP contribution is -2.08. The lowest BCUT2D eigenvalue weighted by molar-refractivity contribution is 0.276. The molecule has 1 aromatic carbocycles. The van der Waals surface area contributed by atoms with Gasteiger partial charge in [0.25, 0.3) is 0 Å². The molecule has 5 nitrogen and oxygen atoms in total. The molecule has 3 aromatic rings. The molecular weight excluding hydrogens is 266 g/mol. The van der Waals surface area contributed by atoms with E-state index in [9.17, 15) is 5.11 Å². The Labute approximate surface area is 122 Å². The van der Waals surface area contributed by atoms with E-state index < -0.39 is 0 Å². The van der Waals surface area contributed by atoms with E-state index in [0.717, 1.165) is 16.9 Å². The van der Waals surface area contributed by atoms with Crippen molar-refractivity contribution < 1.29 is 9.84 Å². The topological polar surface area (TPSA) is 58.8 Å². The van der Waals surface area contributed by atoms with Crippen molar-refractivity contribution in [2.45, 2.75) is 13.2 Å². The molecule has 0 amide bonds. The van der Waals surface area contributed by atoms with Crippen LogP contribution in [0.4, 0.5) is 0 Å². The van der Waals surface area contributed by atoms with Crippen LogP contribution in [0.1, 0.15) is 11.3 Å². The molecule has 0 fully saturated rings. The van der Waals surface area contributed by atoms with Gasteiger partial charge in [-0.15, -0.1) is 0 Å². The fourth-order valence-corrected chi connectivity index (χ4v) is 2.27. The first kappa shape index (κ1) is 13.6. The van der Waals surface area contributed by atoms with E-state index in [1.54, 1.807) is 0 Å². The van der Waals surface area contributed by atoms with Gasteiger partial charge >= 0.3 is 0 Å². The molecular formula is C16H17N3O2. The third kappa shape index (κ3) is 2.61. The normalized spacial score (nSPS) is 11.0. The summed E-state index contributed by atoms with van der Waals surface area (Å²) in [7, 11) is 1.88. The predicted molar refractivity (Wildman–Crippen MR) is 80.4 cm³/mol. The maximum atomic E-state index is 9.39. The van der Waals surface area contributed by atoms with Gasteiger partial charge in [0.1, 0.15) is 17.1 Å². The number of nitrogens with one attached hydrogen (secondary N) is 1. The van der Waals surface area contributed by atoms with Gasteiger partial charge in [-0.25, -0.2) is 0 Å². The summed E-state index contributed by atoms with van der Waals surface area (Å²) in [6.45, 7) is 0.576. The van der Waals surface area contributed by atoms with Crippen molar-refractivity contribution in [2.24, 2.45) is 0 Å². The van der Waals surface area contributed by atoms with E-state index in [0.29, 0.717) is 18.2 Å². The van der Waals surface area contributed by atoms with Gasteiger partial charge in [0.05, 0.1) is 6.61 Å². The van der Waals surface area contributed by atoms with Gasteiger partial charge in [-0.3, -0.25) is 4.40 Å². The standard InChI is InChI=1S/C16H17N3O2/c1-17-10-13-16(18-15-8-4-5-9-19(13)15)21-14-7-3-2-6-12(14)11-20/h2-9,17,20H,10-11H2,1H3. The molecule has 21 heavy (non-hydrogen) atoms. The molecule has 5 heteroatoms. The number of nitrogens with zero attached hydrogens (tertiary/aromatic N) is 2. The second-order valence-electron chi connectivity index (χ2n) is 4.69. The number of ether oxygens (including phenoxy) is 1. The Kier molecular flexibility index (Phi) is 3.85. The molecule has 2 heterocycles. The average molecular weight is 283 g/mol. The van der Waals surface area contributed by atoms with E-state index in [4.69, 9.17) is 4.74 Å². The fraction of sp³-hybridized carbons (Fsp3) is 0.188. The first-order valence-electron chi connectivity index (χ1n) is 6.80. The van der Waals surface area contributed by atoms with Gasteiger partial charge in [0, 0.05) is 18.3 Å². The molecule has 108 valence electrons. The highest BCUT2D eigenvalue weighted by Crippen LogP contribution is 2.28. The monoisotopic (exact) mass is 283 g/mol. The number of hydrogen-bond acceptors (Lipinski definition) is 4. The number of hydrogen-bond donors (Lipinski definition) is 2. The van der Waals surface area contributed by atoms with Crippen LogP contribution >= 0.6 is 0 Å². The predicted octanol–water partition coefficient (Wildman–Crippen LogP) is 2.34. The van der Waals surface area contributed by atoms with Crippen LogP contribution in [0, 0.1) is 0 Å². The van der Waals surface area contributed by atoms with Crippen molar-refractivity contribution in [1.29, 1.82) is 0 Å². The first-order chi connectivity index (χ1) is 10.3. The van der Waals surface area contributed by atoms with E-state index in [1.807, 2.05) is 60.1 Å². The van der Waals surface area contributed by atoms with Gasteiger partial charge in [0.15, 0.2) is 0 Å². The number of benzene rings is 1. The number of para-hydroxylation sites is 1. The minimum atomic E-state index is -0.0646. The Morgan fingerprint density at radius 1 is 1.19 bits per heavy atom. The lowest BCUT2D eigenvalue weighted by atomic mass is 10.2. The third-order valence-corrected chi connectivity index (χ3v) is 3.29. The third-order valence-electron chi connectivity index (χ3n) is 3.29. The maximum Gasteiger partial charge on any atom is 0.242 e. The molecule has 2 N–H and O–H groups in total. The summed E-state index contributed by atoms with van der Waals surface area (Å²) in [4.78, 5) is 4.52. The number of fused-ring (bicyclic) bond motifs is 1. The number of imidazole rings is 1. The van der Waals surface area contributed by atoms with Crippen molar-refractivity contribution in [3.63, 3.8) is 0 Å². The molecule has 0 unspecified atom stereocenters. The smallest absolute Gasteiger partial charge is 0.242 e. The van der Waals surface area contributed by atoms with E-state index in [2.05, 4.69) is 10.3 Å². The van der Waals surface area contributed by atoms with Gasteiger partial charge in [0.2, 0.25) is 5.88 Å². The second kappa shape index (κ2) is 5.95. The van der Waals surface area contributed by atoms with Crippen LogP contribution in [0.25, 0.3) is 5.65 Å².